The van der Waals surface area contributed by atoms with Gasteiger partial charge < -0.3 is 19.3 Å². The minimum Gasteiger partial charge on any atom is -0.486 e. The second-order valence-electron chi connectivity index (χ2n) is 5.65. The molecule has 3 rings (SSSR count). The van der Waals surface area contributed by atoms with Crippen molar-refractivity contribution in [2.45, 2.75) is 19.6 Å². The van der Waals surface area contributed by atoms with Crippen LogP contribution in [0.4, 0.5) is 0 Å². The number of pyridine rings is 1. The zero-order chi connectivity index (χ0) is 17.6. The maximum absolute atomic E-state index is 12.0. The molecule has 0 aliphatic carbocycles. The number of nitrogens with one attached hydrogen (secondary N) is 1. The Morgan fingerprint density at radius 2 is 2.20 bits per heavy atom. The molecule has 2 aromatic heterocycles. The van der Waals surface area contributed by atoms with E-state index in [9.17, 15) is 4.79 Å². The van der Waals surface area contributed by atoms with Crippen molar-refractivity contribution < 1.29 is 18.8 Å². The topological polar surface area (TPSA) is 86.5 Å². The maximum Gasteiger partial charge on any atom is 0.273 e. The van der Waals surface area contributed by atoms with E-state index in [-0.39, 0.29) is 24.2 Å². The van der Waals surface area contributed by atoms with Crippen LogP contribution in [0.3, 0.4) is 0 Å². The summed E-state index contributed by atoms with van der Waals surface area (Å²) in [6.07, 6.45) is 1.75. The lowest BCUT2D eigenvalue weighted by molar-refractivity contribution is 0.0896. The van der Waals surface area contributed by atoms with Crippen LogP contribution in [0.15, 0.2) is 47.1 Å². The van der Waals surface area contributed by atoms with Gasteiger partial charge in [0, 0.05) is 30.8 Å². The Bertz CT molecular complexity index is 862. The summed E-state index contributed by atoms with van der Waals surface area (Å²) in [6, 6.07) is 10.9. The molecule has 0 saturated carbocycles. The van der Waals surface area contributed by atoms with Crippen LogP contribution in [-0.2, 0) is 11.3 Å². The fourth-order valence-corrected chi connectivity index (χ4v) is 2.38. The molecular formula is C18H19N3O4. The average molecular weight is 341 g/mol. The van der Waals surface area contributed by atoms with Gasteiger partial charge in [0.1, 0.15) is 12.4 Å². The molecule has 0 radical (unpaired) electrons. The lowest BCUT2D eigenvalue weighted by Gasteiger charge is -2.10. The minimum atomic E-state index is -0.309. The summed E-state index contributed by atoms with van der Waals surface area (Å²) in [4.78, 5) is 16.3. The summed E-state index contributed by atoms with van der Waals surface area (Å²) in [7, 11) is 1.58. The van der Waals surface area contributed by atoms with Crippen molar-refractivity contribution in [1.29, 1.82) is 0 Å². The highest BCUT2D eigenvalue weighted by molar-refractivity contribution is 5.92. The van der Waals surface area contributed by atoms with Crippen LogP contribution in [0.25, 0.3) is 10.9 Å². The third kappa shape index (κ3) is 4.33. The van der Waals surface area contributed by atoms with Gasteiger partial charge in [0.05, 0.1) is 12.1 Å². The molecule has 1 N–H and O–H groups in total. The van der Waals surface area contributed by atoms with Crippen LogP contribution in [0.1, 0.15) is 23.2 Å². The normalized spacial score (nSPS) is 12.1. The second kappa shape index (κ2) is 7.76. The van der Waals surface area contributed by atoms with E-state index in [0.29, 0.717) is 18.1 Å². The average Bonchev–Trinajstić information content (AvgIpc) is 3.09. The molecule has 0 aliphatic heterocycles. The van der Waals surface area contributed by atoms with E-state index in [1.807, 2.05) is 37.3 Å². The highest BCUT2D eigenvalue weighted by Crippen LogP contribution is 2.20. The first-order chi connectivity index (χ1) is 12.2. The molecule has 0 spiro atoms. The zero-order valence-corrected chi connectivity index (χ0v) is 14.1. The summed E-state index contributed by atoms with van der Waals surface area (Å²) >= 11 is 0. The molecule has 0 bridgehead atoms. The van der Waals surface area contributed by atoms with Gasteiger partial charge in [-0.3, -0.25) is 9.78 Å². The Kier molecular flexibility index (Phi) is 5.25. The van der Waals surface area contributed by atoms with Crippen LogP contribution in [0.2, 0.25) is 0 Å². The highest BCUT2D eigenvalue weighted by atomic mass is 16.5. The number of benzene rings is 1. The van der Waals surface area contributed by atoms with Gasteiger partial charge in [0.2, 0.25) is 0 Å². The Balaban J connectivity index is 1.60. The van der Waals surface area contributed by atoms with Gasteiger partial charge in [0.25, 0.3) is 5.91 Å². The van der Waals surface area contributed by atoms with Gasteiger partial charge in [-0.1, -0.05) is 11.2 Å². The van der Waals surface area contributed by atoms with E-state index in [4.69, 9.17) is 14.0 Å². The smallest absolute Gasteiger partial charge is 0.273 e. The molecule has 1 amide bonds. The molecule has 0 fully saturated rings. The Hall–Kier alpha value is -2.93. The van der Waals surface area contributed by atoms with Crippen molar-refractivity contribution in [2.24, 2.45) is 0 Å². The van der Waals surface area contributed by atoms with E-state index < -0.39 is 0 Å². The van der Waals surface area contributed by atoms with Crippen molar-refractivity contribution in [3.8, 4) is 5.75 Å². The molecule has 3 aromatic rings. The first-order valence-electron chi connectivity index (χ1n) is 7.88. The SMILES string of the molecule is COC[C@@H](C)NC(=O)c1cc(COc2ccc3ncccc3c2)on1. The Morgan fingerprint density at radius 1 is 1.32 bits per heavy atom. The lowest BCUT2D eigenvalue weighted by Crippen LogP contribution is -2.35. The minimum absolute atomic E-state index is 0.111. The first-order valence-corrected chi connectivity index (χ1v) is 7.88. The quantitative estimate of drug-likeness (QED) is 0.711. The van der Waals surface area contributed by atoms with Crippen molar-refractivity contribution in [1.82, 2.24) is 15.5 Å². The molecule has 25 heavy (non-hydrogen) atoms. The molecule has 0 aliphatic rings. The lowest BCUT2D eigenvalue weighted by atomic mass is 10.2. The summed E-state index contributed by atoms with van der Waals surface area (Å²) in [5, 5.41) is 7.53. The van der Waals surface area contributed by atoms with Crippen molar-refractivity contribution in [3.63, 3.8) is 0 Å². The number of carbonyl (C=O) groups is 1. The summed E-state index contributed by atoms with van der Waals surface area (Å²) in [5.41, 5.74) is 1.11. The molecule has 2 heterocycles. The Labute approximate surface area is 144 Å². The van der Waals surface area contributed by atoms with E-state index in [1.54, 1.807) is 19.4 Å². The molecule has 7 heteroatoms. The number of carbonyl (C=O) groups excluding carboxylic acids is 1. The highest BCUT2D eigenvalue weighted by Gasteiger charge is 2.15. The fourth-order valence-electron chi connectivity index (χ4n) is 2.38. The van der Waals surface area contributed by atoms with Gasteiger partial charge >= 0.3 is 0 Å². The standard InChI is InChI=1S/C18H19N3O4/c1-12(10-23-2)20-18(22)17-9-15(25-21-17)11-24-14-5-6-16-13(8-14)4-3-7-19-16/h3-9,12H,10-11H2,1-2H3,(H,20,22)/t12-/m1/s1. The Morgan fingerprint density at radius 3 is 3.04 bits per heavy atom. The molecule has 1 aromatic carbocycles. The third-order valence-corrected chi connectivity index (χ3v) is 3.54. The van der Waals surface area contributed by atoms with Crippen LogP contribution in [0.5, 0.6) is 5.75 Å². The summed E-state index contributed by atoms with van der Waals surface area (Å²) in [5.74, 6) is 0.851. The third-order valence-electron chi connectivity index (χ3n) is 3.54. The van der Waals surface area contributed by atoms with E-state index in [1.165, 1.54) is 0 Å². The molecule has 0 unspecified atom stereocenters. The van der Waals surface area contributed by atoms with Crippen molar-refractivity contribution in [2.75, 3.05) is 13.7 Å². The molecule has 0 saturated heterocycles. The first kappa shape index (κ1) is 16.9. The number of ether oxygens (including phenoxy) is 2. The maximum atomic E-state index is 12.0. The van der Waals surface area contributed by atoms with Crippen LogP contribution < -0.4 is 10.1 Å². The van der Waals surface area contributed by atoms with Crippen molar-refractivity contribution >= 4 is 16.8 Å². The number of amides is 1. The molecule has 7 nitrogen and oxygen atoms in total. The van der Waals surface area contributed by atoms with Crippen LogP contribution in [0, 0.1) is 0 Å². The van der Waals surface area contributed by atoms with Gasteiger partial charge in [-0.15, -0.1) is 0 Å². The van der Waals surface area contributed by atoms with Crippen LogP contribution in [-0.4, -0.2) is 35.8 Å². The summed E-state index contributed by atoms with van der Waals surface area (Å²) < 4.78 is 15.8. The summed E-state index contributed by atoms with van der Waals surface area (Å²) in [6.45, 7) is 2.45. The number of rotatable bonds is 7. The van der Waals surface area contributed by atoms with E-state index >= 15 is 0 Å². The number of hydrogen-bond acceptors (Lipinski definition) is 6. The van der Waals surface area contributed by atoms with Gasteiger partial charge in [0.15, 0.2) is 11.5 Å². The van der Waals surface area contributed by atoms with Gasteiger partial charge in [-0.25, -0.2) is 0 Å². The number of hydrogen-bond donors (Lipinski definition) is 1. The fraction of sp³-hybridized carbons (Fsp3) is 0.278. The number of fused-ring (bicyclic) bond motifs is 1. The molecular weight excluding hydrogens is 322 g/mol. The number of methoxy groups -OCH3 is 1. The zero-order valence-electron chi connectivity index (χ0n) is 14.1. The van der Waals surface area contributed by atoms with Crippen LogP contribution >= 0.6 is 0 Å². The van der Waals surface area contributed by atoms with Gasteiger partial charge in [-0.2, -0.15) is 0 Å². The van der Waals surface area contributed by atoms with E-state index in [2.05, 4.69) is 15.5 Å². The van der Waals surface area contributed by atoms with Crippen molar-refractivity contribution in [3.05, 3.63) is 54.0 Å². The van der Waals surface area contributed by atoms with E-state index in [0.717, 1.165) is 10.9 Å². The number of aromatic nitrogens is 2. The predicted molar refractivity (Wildman–Crippen MR) is 91.4 cm³/mol. The molecule has 130 valence electrons. The largest absolute Gasteiger partial charge is 0.486 e. The second-order valence-corrected chi connectivity index (χ2v) is 5.65. The monoisotopic (exact) mass is 341 g/mol. The number of nitrogens with zero attached hydrogens (tertiary/aromatic N) is 2. The van der Waals surface area contributed by atoms with Gasteiger partial charge in [-0.05, 0) is 31.2 Å². The predicted octanol–water partition coefficient (Wildman–Crippen LogP) is 2.57. The molecule has 1 atom stereocenters.